The summed E-state index contributed by atoms with van der Waals surface area (Å²) >= 11 is 5.99. The SMILES string of the molecule is Clc1ccc(N=C(CN2CCCCC2)N2CCCCC2)cc1. The predicted octanol–water partition coefficient (Wildman–Crippen LogP) is 4.34. The van der Waals surface area contributed by atoms with E-state index in [-0.39, 0.29) is 0 Å². The van der Waals surface area contributed by atoms with E-state index in [2.05, 4.69) is 9.80 Å². The van der Waals surface area contributed by atoms with Crippen LogP contribution in [0.2, 0.25) is 5.02 Å². The summed E-state index contributed by atoms with van der Waals surface area (Å²) < 4.78 is 0. The molecule has 4 heteroatoms. The molecule has 0 spiro atoms. The number of nitrogens with zero attached hydrogens (tertiary/aromatic N) is 3. The average Bonchev–Trinajstić information content (AvgIpc) is 2.58. The summed E-state index contributed by atoms with van der Waals surface area (Å²) in [4.78, 5) is 10.0. The van der Waals surface area contributed by atoms with Gasteiger partial charge in [-0.2, -0.15) is 0 Å². The van der Waals surface area contributed by atoms with E-state index in [0.29, 0.717) is 0 Å². The Morgan fingerprint density at radius 3 is 2.09 bits per heavy atom. The third-order valence-corrected chi connectivity index (χ3v) is 4.87. The molecule has 1 aromatic carbocycles. The van der Waals surface area contributed by atoms with Gasteiger partial charge in [0.1, 0.15) is 5.84 Å². The largest absolute Gasteiger partial charge is 0.359 e. The topological polar surface area (TPSA) is 18.8 Å². The van der Waals surface area contributed by atoms with Gasteiger partial charge in [0.25, 0.3) is 0 Å². The smallest absolute Gasteiger partial charge is 0.119 e. The zero-order valence-corrected chi connectivity index (χ0v) is 14.1. The molecule has 2 aliphatic rings. The highest BCUT2D eigenvalue weighted by Crippen LogP contribution is 2.19. The summed E-state index contributed by atoms with van der Waals surface area (Å²) in [6.07, 6.45) is 7.97. The second kappa shape index (κ2) is 7.98. The highest BCUT2D eigenvalue weighted by molar-refractivity contribution is 6.30. The fourth-order valence-electron chi connectivity index (χ4n) is 3.34. The van der Waals surface area contributed by atoms with Crippen molar-refractivity contribution in [2.45, 2.75) is 38.5 Å². The van der Waals surface area contributed by atoms with Crippen LogP contribution in [-0.2, 0) is 0 Å². The molecule has 0 aromatic heterocycles. The van der Waals surface area contributed by atoms with Gasteiger partial charge in [-0.1, -0.05) is 18.0 Å². The molecule has 1 aromatic rings. The van der Waals surface area contributed by atoms with Crippen LogP contribution in [0.4, 0.5) is 5.69 Å². The van der Waals surface area contributed by atoms with Crippen molar-refractivity contribution in [1.29, 1.82) is 0 Å². The van der Waals surface area contributed by atoms with E-state index < -0.39 is 0 Å². The maximum atomic E-state index is 5.99. The van der Waals surface area contributed by atoms with Gasteiger partial charge in [0.15, 0.2) is 0 Å². The van der Waals surface area contributed by atoms with Gasteiger partial charge in [0.2, 0.25) is 0 Å². The Morgan fingerprint density at radius 2 is 1.45 bits per heavy atom. The van der Waals surface area contributed by atoms with Crippen LogP contribution in [0.25, 0.3) is 0 Å². The first-order valence-corrected chi connectivity index (χ1v) is 8.99. The number of hydrogen-bond donors (Lipinski definition) is 0. The highest BCUT2D eigenvalue weighted by atomic mass is 35.5. The van der Waals surface area contributed by atoms with Gasteiger partial charge in [0, 0.05) is 18.1 Å². The van der Waals surface area contributed by atoms with E-state index in [1.54, 1.807) is 0 Å². The lowest BCUT2D eigenvalue weighted by Crippen LogP contribution is -2.44. The standard InChI is InChI=1S/C18H26ClN3/c19-16-7-9-17(10-8-16)20-18(22-13-5-2-6-14-22)15-21-11-3-1-4-12-21/h7-10H,1-6,11-15H2. The molecule has 3 nitrogen and oxygen atoms in total. The molecule has 2 fully saturated rings. The lowest BCUT2D eigenvalue weighted by Gasteiger charge is -2.34. The average molecular weight is 320 g/mol. The van der Waals surface area contributed by atoms with Crippen molar-refractivity contribution < 1.29 is 0 Å². The van der Waals surface area contributed by atoms with Crippen LogP contribution in [-0.4, -0.2) is 48.4 Å². The van der Waals surface area contributed by atoms with Crippen molar-refractivity contribution in [1.82, 2.24) is 9.80 Å². The Balaban J connectivity index is 1.76. The molecule has 22 heavy (non-hydrogen) atoms. The first kappa shape index (κ1) is 15.8. The van der Waals surface area contributed by atoms with Crippen LogP contribution in [0.3, 0.4) is 0 Å². The van der Waals surface area contributed by atoms with Crippen molar-refractivity contribution >= 4 is 23.1 Å². The Bertz CT molecular complexity index is 486. The molecule has 0 aliphatic carbocycles. The van der Waals surface area contributed by atoms with Crippen LogP contribution in [0.5, 0.6) is 0 Å². The van der Waals surface area contributed by atoms with Gasteiger partial charge in [0.05, 0.1) is 12.2 Å². The molecule has 0 radical (unpaired) electrons. The van der Waals surface area contributed by atoms with Crippen molar-refractivity contribution in [2.24, 2.45) is 4.99 Å². The molecular weight excluding hydrogens is 294 g/mol. The second-order valence-corrected chi connectivity index (χ2v) is 6.83. The van der Waals surface area contributed by atoms with E-state index in [0.717, 1.165) is 30.3 Å². The number of rotatable bonds is 3. The van der Waals surface area contributed by atoms with Gasteiger partial charge < -0.3 is 4.90 Å². The second-order valence-electron chi connectivity index (χ2n) is 6.39. The van der Waals surface area contributed by atoms with Gasteiger partial charge in [-0.05, 0) is 69.5 Å². The molecule has 0 amide bonds. The Hall–Kier alpha value is -1.06. The number of aliphatic imine (C=N–C) groups is 1. The lowest BCUT2D eigenvalue weighted by atomic mass is 10.1. The van der Waals surface area contributed by atoms with Gasteiger partial charge in [-0.25, -0.2) is 4.99 Å². The molecule has 0 atom stereocenters. The fourth-order valence-corrected chi connectivity index (χ4v) is 3.47. The van der Waals surface area contributed by atoms with Gasteiger partial charge in [-0.3, -0.25) is 4.90 Å². The molecule has 2 aliphatic heterocycles. The lowest BCUT2D eigenvalue weighted by molar-refractivity contribution is 0.243. The maximum Gasteiger partial charge on any atom is 0.119 e. The zero-order chi connectivity index (χ0) is 15.2. The molecule has 2 saturated heterocycles. The normalized spacial score (nSPS) is 21.1. The zero-order valence-electron chi connectivity index (χ0n) is 13.3. The first-order chi connectivity index (χ1) is 10.8. The van der Waals surface area contributed by atoms with Gasteiger partial charge in [-0.15, -0.1) is 0 Å². The molecule has 0 unspecified atom stereocenters. The van der Waals surface area contributed by atoms with Crippen LogP contribution in [0.15, 0.2) is 29.3 Å². The number of likely N-dealkylation sites (tertiary alicyclic amines) is 2. The Labute approximate surface area is 139 Å². The number of piperidine rings is 2. The number of hydrogen-bond acceptors (Lipinski definition) is 2. The molecule has 3 rings (SSSR count). The summed E-state index contributed by atoms with van der Waals surface area (Å²) in [5, 5.41) is 0.773. The van der Waals surface area contributed by atoms with E-state index in [9.17, 15) is 0 Å². The fraction of sp³-hybridized carbons (Fsp3) is 0.611. The minimum atomic E-state index is 0.773. The molecular formula is C18H26ClN3. The van der Waals surface area contributed by atoms with Crippen molar-refractivity contribution in [3.05, 3.63) is 29.3 Å². The third-order valence-electron chi connectivity index (χ3n) is 4.62. The number of amidine groups is 1. The van der Waals surface area contributed by atoms with Crippen molar-refractivity contribution in [3.8, 4) is 0 Å². The minimum Gasteiger partial charge on any atom is -0.359 e. The molecule has 0 N–H and O–H groups in total. The Kier molecular flexibility index (Phi) is 5.74. The molecule has 2 heterocycles. The maximum absolute atomic E-state index is 5.99. The van der Waals surface area contributed by atoms with Crippen LogP contribution >= 0.6 is 11.6 Å². The summed E-state index contributed by atoms with van der Waals surface area (Å²) in [6, 6.07) is 7.88. The van der Waals surface area contributed by atoms with E-state index in [1.165, 1.54) is 57.5 Å². The van der Waals surface area contributed by atoms with Crippen LogP contribution < -0.4 is 0 Å². The monoisotopic (exact) mass is 319 g/mol. The van der Waals surface area contributed by atoms with Crippen LogP contribution in [0, 0.1) is 0 Å². The third kappa shape index (κ3) is 4.47. The van der Waals surface area contributed by atoms with E-state index in [4.69, 9.17) is 16.6 Å². The first-order valence-electron chi connectivity index (χ1n) is 8.62. The number of benzene rings is 1. The molecule has 120 valence electrons. The molecule has 0 bridgehead atoms. The number of halogens is 1. The molecule has 0 saturated carbocycles. The van der Waals surface area contributed by atoms with E-state index in [1.807, 2.05) is 24.3 Å². The van der Waals surface area contributed by atoms with E-state index >= 15 is 0 Å². The van der Waals surface area contributed by atoms with Crippen molar-refractivity contribution in [3.63, 3.8) is 0 Å². The Morgan fingerprint density at radius 1 is 0.864 bits per heavy atom. The highest BCUT2D eigenvalue weighted by Gasteiger charge is 2.19. The van der Waals surface area contributed by atoms with Crippen LogP contribution in [0.1, 0.15) is 38.5 Å². The van der Waals surface area contributed by atoms with Crippen molar-refractivity contribution in [2.75, 3.05) is 32.7 Å². The predicted molar refractivity (Wildman–Crippen MR) is 94.3 cm³/mol. The quantitative estimate of drug-likeness (QED) is 0.609. The summed E-state index contributed by atoms with van der Waals surface area (Å²) in [5.74, 6) is 1.24. The summed E-state index contributed by atoms with van der Waals surface area (Å²) in [5.41, 5.74) is 1.02. The minimum absolute atomic E-state index is 0.773. The summed E-state index contributed by atoms with van der Waals surface area (Å²) in [6.45, 7) is 5.73. The van der Waals surface area contributed by atoms with Gasteiger partial charge >= 0.3 is 0 Å². The summed E-state index contributed by atoms with van der Waals surface area (Å²) in [7, 11) is 0.